The number of aliphatic hydroxyl groups excluding tert-OH is 1. The van der Waals surface area contributed by atoms with E-state index in [1.165, 1.54) is 12.0 Å². The van der Waals surface area contributed by atoms with Gasteiger partial charge in [0.2, 0.25) is 0 Å². The summed E-state index contributed by atoms with van der Waals surface area (Å²) in [6.45, 7) is 2.14. The number of likely N-dealkylation sites (tertiary alicyclic amines) is 1. The second-order valence-corrected chi connectivity index (χ2v) is 8.91. The van der Waals surface area contributed by atoms with E-state index in [0.29, 0.717) is 40.5 Å². The number of Topliss-reactive ketones (excluding diaryl/α,β-unsaturated/α-hetero) is 1. The van der Waals surface area contributed by atoms with Crippen molar-refractivity contribution in [2.75, 3.05) is 35.0 Å². The van der Waals surface area contributed by atoms with Crippen molar-refractivity contribution < 1.29 is 33.6 Å². The summed E-state index contributed by atoms with van der Waals surface area (Å²) in [6, 6.07) is 17.0. The fourth-order valence-electron chi connectivity index (χ4n) is 4.63. The Labute approximate surface area is 222 Å². The number of benzene rings is 3. The first kappa shape index (κ1) is 26.6. The molecule has 198 valence electrons. The van der Waals surface area contributed by atoms with Crippen molar-refractivity contribution in [3.05, 3.63) is 88.5 Å². The Morgan fingerprint density at radius 1 is 0.816 bits per heavy atom. The number of aryl methyl sites for hydroxylation is 1. The first-order valence-electron chi connectivity index (χ1n) is 12.1. The molecule has 3 aromatic rings. The van der Waals surface area contributed by atoms with E-state index in [9.17, 15) is 14.7 Å². The monoisotopic (exact) mass is 517 g/mol. The molecule has 8 nitrogen and oxygen atoms in total. The van der Waals surface area contributed by atoms with Crippen LogP contribution < -0.4 is 18.9 Å². The van der Waals surface area contributed by atoms with Gasteiger partial charge in [0.1, 0.15) is 17.3 Å². The molecule has 1 aliphatic heterocycles. The van der Waals surface area contributed by atoms with Crippen molar-refractivity contribution in [1.29, 1.82) is 0 Å². The van der Waals surface area contributed by atoms with Crippen LogP contribution in [0, 0.1) is 6.92 Å². The van der Waals surface area contributed by atoms with Crippen molar-refractivity contribution in [3.8, 4) is 23.0 Å². The number of ether oxygens (including phenoxy) is 4. The highest BCUT2D eigenvalue weighted by Crippen LogP contribution is 2.43. The Hall–Kier alpha value is -4.46. The number of hydrogen-bond donors (Lipinski definition) is 1. The highest BCUT2D eigenvalue weighted by Gasteiger charge is 2.47. The van der Waals surface area contributed by atoms with Crippen LogP contribution in [0.1, 0.15) is 28.3 Å². The maximum atomic E-state index is 13.4. The third-order valence-corrected chi connectivity index (χ3v) is 6.69. The fraction of sp³-hybridized carbons (Fsp3) is 0.267. The predicted octanol–water partition coefficient (Wildman–Crippen LogP) is 4.69. The Kier molecular flexibility index (Phi) is 7.90. The SMILES string of the molecule is COc1ccc([C@@H]2C(=C(O)c3ccc(C)cc3)C(=O)C(=O)N2CCc2ccc(OC)c(OC)c2)c(OC)c1. The predicted molar refractivity (Wildman–Crippen MR) is 143 cm³/mol. The van der Waals surface area contributed by atoms with Gasteiger partial charge in [-0.05, 0) is 43.2 Å². The molecule has 3 aromatic carbocycles. The standard InChI is InChI=1S/C30H31NO7/c1-18-6-9-20(10-7-18)28(32)26-27(22-12-11-21(35-2)17-24(22)37-4)31(30(34)29(26)33)15-14-19-8-13-23(36-3)25(16-19)38-5/h6-13,16-17,27,32H,14-15H2,1-5H3/t27-/m1/s1. The van der Waals surface area contributed by atoms with Crippen LogP contribution in [0.2, 0.25) is 0 Å². The topological polar surface area (TPSA) is 94.5 Å². The van der Waals surface area contributed by atoms with Gasteiger partial charge in [-0.15, -0.1) is 0 Å². The maximum absolute atomic E-state index is 13.4. The van der Waals surface area contributed by atoms with E-state index < -0.39 is 17.7 Å². The third kappa shape index (κ3) is 5.02. The Morgan fingerprint density at radius 3 is 2.13 bits per heavy atom. The molecular formula is C30H31NO7. The molecule has 1 fully saturated rings. The van der Waals surface area contributed by atoms with Gasteiger partial charge >= 0.3 is 0 Å². The average molecular weight is 518 g/mol. The Balaban J connectivity index is 1.80. The molecule has 1 saturated heterocycles. The van der Waals surface area contributed by atoms with E-state index >= 15 is 0 Å². The normalized spacial score (nSPS) is 16.4. The molecule has 0 spiro atoms. The summed E-state index contributed by atoms with van der Waals surface area (Å²) in [7, 11) is 6.17. The number of carbonyl (C=O) groups is 2. The van der Waals surface area contributed by atoms with Crippen molar-refractivity contribution in [1.82, 2.24) is 4.90 Å². The van der Waals surface area contributed by atoms with Gasteiger partial charge in [-0.25, -0.2) is 0 Å². The summed E-state index contributed by atoms with van der Waals surface area (Å²) in [4.78, 5) is 28.2. The molecule has 1 atom stereocenters. The zero-order valence-corrected chi connectivity index (χ0v) is 22.1. The van der Waals surface area contributed by atoms with E-state index in [1.54, 1.807) is 57.7 Å². The Morgan fingerprint density at radius 2 is 1.50 bits per heavy atom. The van der Waals surface area contributed by atoms with Crippen molar-refractivity contribution in [2.45, 2.75) is 19.4 Å². The molecule has 1 heterocycles. The minimum absolute atomic E-state index is 0.00892. The number of amides is 1. The lowest BCUT2D eigenvalue weighted by atomic mass is 9.94. The van der Waals surface area contributed by atoms with Crippen LogP contribution in [0.15, 0.2) is 66.2 Å². The zero-order valence-electron chi connectivity index (χ0n) is 22.1. The minimum Gasteiger partial charge on any atom is -0.507 e. The van der Waals surface area contributed by atoms with Gasteiger partial charge < -0.3 is 29.0 Å². The van der Waals surface area contributed by atoms with Gasteiger partial charge in [0.15, 0.2) is 11.5 Å². The van der Waals surface area contributed by atoms with Crippen LogP contribution in [0.5, 0.6) is 23.0 Å². The number of hydrogen-bond acceptors (Lipinski definition) is 7. The second kappa shape index (κ2) is 11.3. The van der Waals surface area contributed by atoms with Crippen LogP contribution in [0.3, 0.4) is 0 Å². The molecule has 0 radical (unpaired) electrons. The van der Waals surface area contributed by atoms with Crippen molar-refractivity contribution in [3.63, 3.8) is 0 Å². The van der Waals surface area contributed by atoms with E-state index in [1.807, 2.05) is 31.2 Å². The summed E-state index contributed by atoms with van der Waals surface area (Å²) < 4.78 is 21.7. The smallest absolute Gasteiger partial charge is 0.295 e. The van der Waals surface area contributed by atoms with Gasteiger partial charge in [0.25, 0.3) is 11.7 Å². The molecule has 38 heavy (non-hydrogen) atoms. The molecule has 0 bridgehead atoms. The number of nitrogens with zero attached hydrogens (tertiary/aromatic N) is 1. The first-order chi connectivity index (χ1) is 18.3. The number of carbonyl (C=O) groups excluding carboxylic acids is 2. The summed E-state index contributed by atoms with van der Waals surface area (Å²) in [5.41, 5.74) is 2.92. The van der Waals surface area contributed by atoms with Crippen LogP contribution in [0.25, 0.3) is 5.76 Å². The highest BCUT2D eigenvalue weighted by molar-refractivity contribution is 6.46. The van der Waals surface area contributed by atoms with Crippen molar-refractivity contribution >= 4 is 17.4 Å². The van der Waals surface area contributed by atoms with E-state index in [2.05, 4.69) is 0 Å². The lowest BCUT2D eigenvalue weighted by Crippen LogP contribution is -2.32. The van der Waals surface area contributed by atoms with Crippen LogP contribution in [-0.2, 0) is 16.0 Å². The quantitative estimate of drug-likeness (QED) is 0.250. The van der Waals surface area contributed by atoms with Gasteiger partial charge in [-0.2, -0.15) is 0 Å². The number of methoxy groups -OCH3 is 4. The number of ketones is 1. The molecule has 0 aromatic heterocycles. The Bertz CT molecular complexity index is 1380. The van der Waals surface area contributed by atoms with E-state index in [-0.39, 0.29) is 17.9 Å². The molecule has 1 N–H and O–H groups in total. The molecule has 1 aliphatic rings. The fourth-order valence-corrected chi connectivity index (χ4v) is 4.63. The molecular weight excluding hydrogens is 486 g/mol. The largest absolute Gasteiger partial charge is 0.507 e. The van der Waals surface area contributed by atoms with Crippen LogP contribution in [0.4, 0.5) is 0 Å². The van der Waals surface area contributed by atoms with Gasteiger partial charge in [-0.3, -0.25) is 9.59 Å². The molecule has 0 aliphatic carbocycles. The lowest BCUT2D eigenvalue weighted by Gasteiger charge is -2.27. The van der Waals surface area contributed by atoms with Crippen LogP contribution in [-0.4, -0.2) is 56.7 Å². The molecule has 0 saturated carbocycles. The first-order valence-corrected chi connectivity index (χ1v) is 12.1. The number of rotatable bonds is 9. The summed E-state index contributed by atoms with van der Waals surface area (Å²) in [5.74, 6) is 0.478. The minimum atomic E-state index is -0.864. The highest BCUT2D eigenvalue weighted by atomic mass is 16.5. The summed E-state index contributed by atoms with van der Waals surface area (Å²) in [6.07, 6.45) is 0.437. The van der Waals surface area contributed by atoms with E-state index in [4.69, 9.17) is 18.9 Å². The van der Waals surface area contributed by atoms with Crippen molar-refractivity contribution in [2.24, 2.45) is 0 Å². The van der Waals surface area contributed by atoms with Crippen LogP contribution >= 0.6 is 0 Å². The molecule has 8 heteroatoms. The third-order valence-electron chi connectivity index (χ3n) is 6.69. The van der Waals surface area contributed by atoms with Gasteiger partial charge in [0, 0.05) is 23.7 Å². The van der Waals surface area contributed by atoms with Gasteiger partial charge in [0.05, 0.1) is 40.1 Å². The molecule has 1 amide bonds. The maximum Gasteiger partial charge on any atom is 0.295 e. The molecule has 4 rings (SSSR count). The van der Waals surface area contributed by atoms with E-state index in [0.717, 1.165) is 11.1 Å². The van der Waals surface area contributed by atoms with Gasteiger partial charge in [-0.1, -0.05) is 35.9 Å². The second-order valence-electron chi connectivity index (χ2n) is 8.91. The number of aliphatic hydroxyl groups is 1. The summed E-state index contributed by atoms with van der Waals surface area (Å²) >= 11 is 0. The summed E-state index contributed by atoms with van der Waals surface area (Å²) in [5, 5.41) is 11.3. The average Bonchev–Trinajstić information content (AvgIpc) is 3.20. The zero-order chi connectivity index (χ0) is 27.4. The lowest BCUT2D eigenvalue weighted by molar-refractivity contribution is -0.139. The molecule has 0 unspecified atom stereocenters.